The first-order chi connectivity index (χ1) is 8.65. The van der Waals surface area contributed by atoms with E-state index in [2.05, 4.69) is 43.7 Å². The second kappa shape index (κ2) is 6.55. The molecule has 1 fully saturated rings. The summed E-state index contributed by atoms with van der Waals surface area (Å²) in [7, 11) is 0. The van der Waals surface area contributed by atoms with Crippen molar-refractivity contribution in [2.75, 3.05) is 19.6 Å². The van der Waals surface area contributed by atoms with Crippen LogP contribution in [0.3, 0.4) is 0 Å². The van der Waals surface area contributed by atoms with Crippen LogP contribution in [0.2, 0.25) is 0 Å². The Morgan fingerprint density at radius 2 is 2.22 bits per heavy atom. The molecule has 0 aliphatic heterocycles. The number of nitrogens with zero attached hydrogens (tertiary/aromatic N) is 1. The molecule has 0 saturated heterocycles. The van der Waals surface area contributed by atoms with Crippen molar-refractivity contribution in [1.82, 2.24) is 4.90 Å². The third-order valence-electron chi connectivity index (χ3n) is 3.36. The fourth-order valence-electron chi connectivity index (χ4n) is 2.27. The molecule has 3 nitrogen and oxygen atoms in total. The maximum atomic E-state index is 5.96. The molecule has 102 valence electrons. The lowest BCUT2D eigenvalue weighted by atomic mass is 10.1. The second-order valence-corrected chi connectivity index (χ2v) is 6.53. The predicted molar refractivity (Wildman–Crippen MR) is 80.5 cm³/mol. The van der Waals surface area contributed by atoms with Crippen molar-refractivity contribution in [1.29, 1.82) is 0 Å². The van der Waals surface area contributed by atoms with E-state index in [4.69, 9.17) is 10.2 Å². The summed E-state index contributed by atoms with van der Waals surface area (Å²) >= 11 is 6.86. The molecule has 1 unspecified atom stereocenters. The van der Waals surface area contributed by atoms with Crippen LogP contribution in [0, 0.1) is 5.92 Å². The first kappa shape index (κ1) is 14.6. The minimum Gasteiger partial charge on any atom is -0.451 e. The lowest BCUT2D eigenvalue weighted by Crippen LogP contribution is -2.35. The molecule has 5 heteroatoms. The van der Waals surface area contributed by atoms with Crippen LogP contribution < -0.4 is 5.73 Å². The van der Waals surface area contributed by atoms with Crippen LogP contribution >= 0.6 is 31.9 Å². The smallest absolute Gasteiger partial charge is 0.183 e. The van der Waals surface area contributed by atoms with E-state index in [-0.39, 0.29) is 6.04 Å². The molecule has 18 heavy (non-hydrogen) atoms. The van der Waals surface area contributed by atoms with E-state index >= 15 is 0 Å². The quantitative estimate of drug-likeness (QED) is 0.780. The number of rotatable bonds is 7. The molecule has 0 amide bonds. The Morgan fingerprint density at radius 1 is 1.50 bits per heavy atom. The van der Waals surface area contributed by atoms with E-state index in [0.29, 0.717) is 6.54 Å². The highest BCUT2D eigenvalue weighted by Gasteiger charge is 2.29. The topological polar surface area (TPSA) is 42.4 Å². The van der Waals surface area contributed by atoms with E-state index in [1.807, 2.05) is 6.07 Å². The Kier molecular flexibility index (Phi) is 5.30. The van der Waals surface area contributed by atoms with E-state index in [9.17, 15) is 0 Å². The van der Waals surface area contributed by atoms with Crippen molar-refractivity contribution in [3.8, 4) is 0 Å². The molecule has 0 bridgehead atoms. The molecule has 2 rings (SSSR count). The molecule has 0 aromatic carbocycles. The first-order valence-electron chi connectivity index (χ1n) is 6.54. The highest BCUT2D eigenvalue weighted by molar-refractivity contribution is 9.13. The molecule has 0 spiro atoms. The van der Waals surface area contributed by atoms with E-state index < -0.39 is 0 Å². The van der Waals surface area contributed by atoms with Crippen LogP contribution in [0.4, 0.5) is 0 Å². The van der Waals surface area contributed by atoms with Crippen LogP contribution in [0.25, 0.3) is 0 Å². The van der Waals surface area contributed by atoms with Gasteiger partial charge in [0.1, 0.15) is 5.76 Å². The van der Waals surface area contributed by atoms with Gasteiger partial charge in [-0.1, -0.05) is 6.92 Å². The van der Waals surface area contributed by atoms with Gasteiger partial charge in [0.25, 0.3) is 0 Å². The van der Waals surface area contributed by atoms with E-state index in [1.54, 1.807) is 0 Å². The lowest BCUT2D eigenvalue weighted by Gasteiger charge is -2.29. The zero-order valence-electron chi connectivity index (χ0n) is 10.7. The van der Waals surface area contributed by atoms with Crippen molar-refractivity contribution in [2.45, 2.75) is 32.2 Å². The highest BCUT2D eigenvalue weighted by atomic mass is 79.9. The molecule has 1 aliphatic rings. The zero-order valence-corrected chi connectivity index (χ0v) is 13.8. The summed E-state index contributed by atoms with van der Waals surface area (Å²) in [6.07, 6.45) is 3.87. The summed E-state index contributed by atoms with van der Waals surface area (Å²) in [6.45, 7) is 5.03. The Morgan fingerprint density at radius 3 is 2.67 bits per heavy atom. The Hall–Kier alpha value is 0.160. The zero-order chi connectivity index (χ0) is 13.1. The van der Waals surface area contributed by atoms with Gasteiger partial charge in [-0.3, -0.25) is 4.90 Å². The number of hydrogen-bond donors (Lipinski definition) is 1. The summed E-state index contributed by atoms with van der Waals surface area (Å²) in [5, 5.41) is 0. The van der Waals surface area contributed by atoms with Gasteiger partial charge in [-0.25, -0.2) is 0 Å². The number of nitrogens with two attached hydrogens (primary N) is 1. The maximum Gasteiger partial charge on any atom is 0.183 e. The normalized spacial score (nSPS) is 17.4. The van der Waals surface area contributed by atoms with Crippen molar-refractivity contribution >= 4 is 31.9 Å². The predicted octanol–water partition coefficient (Wildman–Crippen LogP) is 3.93. The van der Waals surface area contributed by atoms with Gasteiger partial charge in [0.15, 0.2) is 4.67 Å². The van der Waals surface area contributed by atoms with Crippen molar-refractivity contribution < 1.29 is 4.42 Å². The van der Waals surface area contributed by atoms with Crippen LogP contribution in [0.1, 0.15) is 38.0 Å². The van der Waals surface area contributed by atoms with Crippen LogP contribution in [-0.4, -0.2) is 24.5 Å². The van der Waals surface area contributed by atoms with Crippen LogP contribution in [0.5, 0.6) is 0 Å². The average Bonchev–Trinajstić information content (AvgIpc) is 3.08. The second-order valence-electron chi connectivity index (χ2n) is 4.96. The first-order valence-corrected chi connectivity index (χ1v) is 8.13. The monoisotopic (exact) mass is 378 g/mol. The molecule has 0 radical (unpaired) electrons. The van der Waals surface area contributed by atoms with Crippen molar-refractivity contribution in [2.24, 2.45) is 11.7 Å². The van der Waals surface area contributed by atoms with E-state index in [1.165, 1.54) is 12.8 Å². The maximum absolute atomic E-state index is 5.96. The van der Waals surface area contributed by atoms with Gasteiger partial charge in [0.05, 0.1) is 10.5 Å². The fraction of sp³-hybridized carbons (Fsp3) is 0.692. The summed E-state index contributed by atoms with van der Waals surface area (Å²) in [4.78, 5) is 2.47. The van der Waals surface area contributed by atoms with Gasteiger partial charge in [-0.05, 0) is 69.7 Å². The Balaban J connectivity index is 2.12. The summed E-state index contributed by atoms with van der Waals surface area (Å²) in [5.74, 6) is 1.82. The molecule has 2 N–H and O–H groups in total. The van der Waals surface area contributed by atoms with Gasteiger partial charge < -0.3 is 10.2 Å². The third kappa shape index (κ3) is 3.59. The molecule has 1 aromatic heterocycles. The minimum absolute atomic E-state index is 0.188. The Labute approximate surface area is 125 Å². The number of furan rings is 1. The van der Waals surface area contributed by atoms with Crippen molar-refractivity contribution in [3.63, 3.8) is 0 Å². The summed E-state index contributed by atoms with van der Waals surface area (Å²) in [6, 6.07) is 2.21. The fourth-order valence-corrected chi connectivity index (χ4v) is 2.87. The summed E-state index contributed by atoms with van der Waals surface area (Å²) in [5.41, 5.74) is 5.96. The van der Waals surface area contributed by atoms with Gasteiger partial charge in [0, 0.05) is 13.1 Å². The van der Waals surface area contributed by atoms with Gasteiger partial charge >= 0.3 is 0 Å². The lowest BCUT2D eigenvalue weighted by molar-refractivity contribution is 0.171. The molecule has 1 saturated carbocycles. The molecular formula is C13H20Br2N2O. The van der Waals surface area contributed by atoms with Crippen LogP contribution in [-0.2, 0) is 0 Å². The Bertz CT molecular complexity index is 371. The van der Waals surface area contributed by atoms with E-state index in [0.717, 1.165) is 40.3 Å². The molecular weight excluding hydrogens is 360 g/mol. The molecule has 1 aliphatic carbocycles. The summed E-state index contributed by atoms with van der Waals surface area (Å²) < 4.78 is 7.45. The largest absolute Gasteiger partial charge is 0.451 e. The molecule has 1 atom stereocenters. The number of halogens is 2. The number of hydrogen-bond acceptors (Lipinski definition) is 3. The SMILES string of the molecule is CCCN(CC1CC1)C(CN)c1cc(Br)c(Br)o1. The van der Waals surface area contributed by atoms with Crippen molar-refractivity contribution in [3.05, 3.63) is 21.0 Å². The molecule has 1 heterocycles. The van der Waals surface area contributed by atoms with Gasteiger partial charge in [0.2, 0.25) is 0 Å². The van der Waals surface area contributed by atoms with Crippen LogP contribution in [0.15, 0.2) is 19.6 Å². The van der Waals surface area contributed by atoms with Gasteiger partial charge in [-0.15, -0.1) is 0 Å². The third-order valence-corrected chi connectivity index (χ3v) is 5.07. The molecule has 1 aromatic rings. The minimum atomic E-state index is 0.188. The van der Waals surface area contributed by atoms with Gasteiger partial charge in [-0.2, -0.15) is 0 Å². The highest BCUT2D eigenvalue weighted by Crippen LogP contribution is 2.35. The standard InChI is InChI=1S/C13H20Br2N2O/c1-2-5-17(8-9-3-4-9)11(7-16)12-6-10(14)13(15)18-12/h6,9,11H,2-5,7-8,16H2,1H3. The average molecular weight is 380 g/mol.